The molecule has 0 aromatic heterocycles. The number of ether oxygens (including phenoxy) is 3. The van der Waals surface area contributed by atoms with E-state index in [4.69, 9.17) is 19.9 Å². The fourth-order valence-corrected chi connectivity index (χ4v) is 7.57. The second kappa shape index (κ2) is 20.9. The van der Waals surface area contributed by atoms with E-state index in [9.17, 15) is 24.0 Å². The van der Waals surface area contributed by atoms with Crippen LogP contribution in [0.15, 0.2) is 30.3 Å². The lowest BCUT2D eigenvalue weighted by atomic mass is 9.82. The van der Waals surface area contributed by atoms with Gasteiger partial charge in [-0.25, -0.2) is 0 Å². The van der Waals surface area contributed by atoms with Gasteiger partial charge >= 0.3 is 5.97 Å². The first-order valence-electron chi connectivity index (χ1n) is 19.1. The monoisotopic (exact) mass is 729 g/mol. The van der Waals surface area contributed by atoms with E-state index in [0.29, 0.717) is 25.8 Å². The molecular formula is C41H67N3O8. The van der Waals surface area contributed by atoms with Crippen LogP contribution in [0.25, 0.3) is 0 Å². The fourth-order valence-electron chi connectivity index (χ4n) is 7.57. The predicted octanol–water partition coefficient (Wildman–Crippen LogP) is 5.26. The lowest BCUT2D eigenvalue weighted by Crippen LogP contribution is -2.54. The predicted molar refractivity (Wildman–Crippen MR) is 202 cm³/mol. The third-order valence-electron chi connectivity index (χ3n) is 11.6. The van der Waals surface area contributed by atoms with Gasteiger partial charge in [0.15, 0.2) is 5.78 Å². The molecule has 0 spiro atoms. The molecule has 1 aromatic rings. The highest BCUT2D eigenvalue weighted by molar-refractivity contribution is 5.92. The molecule has 11 heteroatoms. The molecule has 2 N–H and O–H groups in total. The van der Waals surface area contributed by atoms with E-state index >= 15 is 0 Å². The quantitative estimate of drug-likeness (QED) is 0.158. The van der Waals surface area contributed by atoms with E-state index in [0.717, 1.165) is 18.4 Å². The van der Waals surface area contributed by atoms with E-state index in [1.54, 1.807) is 44.9 Å². The van der Waals surface area contributed by atoms with Gasteiger partial charge in [0.2, 0.25) is 11.8 Å². The molecule has 1 aliphatic heterocycles. The average Bonchev–Trinajstić information content (AvgIpc) is 3.62. The average molecular weight is 730 g/mol. The summed E-state index contributed by atoms with van der Waals surface area (Å²) in [5.41, 5.74) is 6.19. The van der Waals surface area contributed by atoms with Crippen molar-refractivity contribution in [3.05, 3.63) is 35.9 Å². The summed E-state index contributed by atoms with van der Waals surface area (Å²) in [6, 6.07) is 8.75. The maximum atomic E-state index is 14.2. The molecule has 11 nitrogen and oxygen atoms in total. The van der Waals surface area contributed by atoms with Crippen molar-refractivity contribution >= 4 is 29.4 Å². The summed E-state index contributed by atoms with van der Waals surface area (Å²) in [5, 5.41) is 0. The standard InChI is InChI=1S/C41H67N3O8/c1-12-27(5)37(43(8)39(48)31(26(3)4)24-35(46)41(7,42)13-2)34(50-9)25-36(47)44-21-17-20-32(44)38(51-10)28(6)33(45)23-30(40(49)52-11)22-29-18-15-14-16-19-29/h14-16,18-19,26-28,30-32,34,37-38H,12-13,17,20-25,42H2,1-11H3/t27-,28-,30+,31-,32-,34+,37-,38+,41+/m0/s1. The summed E-state index contributed by atoms with van der Waals surface area (Å²) in [4.78, 5) is 71.3. The number of nitrogens with zero attached hydrogens (tertiary/aromatic N) is 2. The summed E-state index contributed by atoms with van der Waals surface area (Å²) in [7, 11) is 6.18. The van der Waals surface area contributed by atoms with E-state index in [1.807, 2.05) is 65.0 Å². The third-order valence-corrected chi connectivity index (χ3v) is 11.6. The number of rotatable bonds is 22. The van der Waals surface area contributed by atoms with E-state index < -0.39 is 47.5 Å². The Balaban J connectivity index is 2.28. The molecule has 52 heavy (non-hydrogen) atoms. The first-order valence-corrected chi connectivity index (χ1v) is 19.1. The van der Waals surface area contributed by atoms with E-state index in [2.05, 4.69) is 0 Å². The maximum absolute atomic E-state index is 14.2. The molecule has 0 saturated carbocycles. The Kier molecular flexibility index (Phi) is 18.1. The molecule has 294 valence electrons. The highest BCUT2D eigenvalue weighted by atomic mass is 16.5. The zero-order valence-electron chi connectivity index (χ0n) is 33.7. The molecule has 0 radical (unpaired) electrons. The van der Waals surface area contributed by atoms with Gasteiger partial charge in [0, 0.05) is 52.5 Å². The second-order valence-corrected chi connectivity index (χ2v) is 15.4. The Morgan fingerprint density at radius 3 is 2.12 bits per heavy atom. The summed E-state index contributed by atoms with van der Waals surface area (Å²) >= 11 is 0. The fraction of sp³-hybridized carbons (Fsp3) is 0.732. The maximum Gasteiger partial charge on any atom is 0.309 e. The van der Waals surface area contributed by atoms with Crippen molar-refractivity contribution in [1.29, 1.82) is 0 Å². The number of hydrogen-bond acceptors (Lipinski definition) is 9. The van der Waals surface area contributed by atoms with Crippen LogP contribution in [0.5, 0.6) is 0 Å². The lowest BCUT2D eigenvalue weighted by molar-refractivity contribution is -0.150. The topological polar surface area (TPSA) is 146 Å². The number of carbonyl (C=O) groups is 5. The van der Waals surface area contributed by atoms with Gasteiger partial charge in [0.1, 0.15) is 5.78 Å². The first kappa shape index (κ1) is 45.0. The summed E-state index contributed by atoms with van der Waals surface area (Å²) in [6.45, 7) is 13.8. The number of likely N-dealkylation sites (N-methyl/N-ethyl adjacent to an activating group) is 1. The van der Waals surface area contributed by atoms with Crippen molar-refractivity contribution in [1.82, 2.24) is 9.80 Å². The molecule has 2 rings (SSSR count). The lowest BCUT2D eigenvalue weighted by Gasteiger charge is -2.41. The summed E-state index contributed by atoms with van der Waals surface area (Å²) < 4.78 is 17.0. The van der Waals surface area contributed by atoms with Crippen LogP contribution in [0.1, 0.15) is 99.0 Å². The van der Waals surface area contributed by atoms with E-state index in [1.165, 1.54) is 7.11 Å². The Labute approximate surface area is 312 Å². The molecule has 1 aliphatic rings. The van der Waals surface area contributed by atoms with Crippen LogP contribution in [0, 0.1) is 29.6 Å². The third kappa shape index (κ3) is 11.7. The van der Waals surface area contributed by atoms with Crippen LogP contribution in [0.4, 0.5) is 0 Å². The molecule has 1 aromatic carbocycles. The van der Waals surface area contributed by atoms with Crippen LogP contribution in [0.2, 0.25) is 0 Å². The van der Waals surface area contributed by atoms with Crippen LogP contribution < -0.4 is 5.73 Å². The number of Topliss-reactive ketones (excluding diaryl/α,β-unsaturated/α-hetero) is 2. The zero-order chi connectivity index (χ0) is 39.3. The smallest absolute Gasteiger partial charge is 0.309 e. The molecule has 2 amide bonds. The second-order valence-electron chi connectivity index (χ2n) is 15.4. The molecular weight excluding hydrogens is 662 g/mol. The number of ketones is 2. The molecule has 0 bridgehead atoms. The van der Waals surface area contributed by atoms with Crippen LogP contribution in [0.3, 0.4) is 0 Å². The molecule has 1 fully saturated rings. The zero-order valence-corrected chi connectivity index (χ0v) is 33.7. The van der Waals surface area contributed by atoms with Crippen molar-refractivity contribution < 1.29 is 38.2 Å². The molecule has 1 saturated heterocycles. The van der Waals surface area contributed by atoms with Crippen molar-refractivity contribution in [3.63, 3.8) is 0 Å². The van der Waals surface area contributed by atoms with Gasteiger partial charge in [-0.2, -0.15) is 0 Å². The number of nitrogens with two attached hydrogens (primary N) is 1. The normalized spacial score (nSPS) is 19.9. The largest absolute Gasteiger partial charge is 0.469 e. The SMILES string of the molecule is CC[C@H](C)[C@@H]([C@@H](CC(=O)N1CCC[C@H]1[C@H](OC)[C@@H](C)C(=O)C[C@@H](Cc1ccccc1)C(=O)OC)OC)N(C)C(=O)[C@@H](CC(=O)[C@](C)(N)CC)C(C)C. The molecule has 1 heterocycles. The number of amides is 2. The number of likely N-dealkylation sites (tertiary alicyclic amines) is 1. The Hall–Kier alpha value is -3.15. The van der Waals surface area contributed by atoms with Crippen molar-refractivity contribution in [3.8, 4) is 0 Å². The molecule has 0 unspecified atom stereocenters. The number of benzene rings is 1. The van der Waals surface area contributed by atoms with Gasteiger partial charge < -0.3 is 29.7 Å². The van der Waals surface area contributed by atoms with Gasteiger partial charge in [-0.15, -0.1) is 0 Å². The minimum Gasteiger partial charge on any atom is -0.469 e. The van der Waals surface area contributed by atoms with Gasteiger partial charge in [-0.05, 0) is 50.0 Å². The van der Waals surface area contributed by atoms with Gasteiger partial charge in [0.05, 0.1) is 49.3 Å². The highest BCUT2D eigenvalue weighted by Gasteiger charge is 2.43. The number of hydrogen-bond donors (Lipinski definition) is 1. The van der Waals surface area contributed by atoms with Crippen molar-refractivity contribution in [2.45, 2.75) is 130 Å². The van der Waals surface area contributed by atoms with Crippen LogP contribution in [-0.4, -0.2) is 104 Å². The van der Waals surface area contributed by atoms with Gasteiger partial charge in [-0.3, -0.25) is 24.0 Å². The Morgan fingerprint density at radius 1 is 0.962 bits per heavy atom. The minimum absolute atomic E-state index is 0.00209. The van der Waals surface area contributed by atoms with E-state index in [-0.39, 0.29) is 60.5 Å². The minimum atomic E-state index is -1.01. The highest BCUT2D eigenvalue weighted by Crippen LogP contribution is 2.32. The molecule has 0 aliphatic carbocycles. The first-order chi connectivity index (χ1) is 24.5. The Bertz CT molecular complexity index is 1320. The Morgan fingerprint density at radius 2 is 1.60 bits per heavy atom. The van der Waals surface area contributed by atoms with Gasteiger partial charge in [0.25, 0.3) is 0 Å². The number of methoxy groups -OCH3 is 3. The number of esters is 1. The molecule has 9 atom stereocenters. The van der Waals surface area contributed by atoms with Crippen LogP contribution in [-0.2, 0) is 44.6 Å². The van der Waals surface area contributed by atoms with Crippen molar-refractivity contribution in [2.75, 3.05) is 34.9 Å². The van der Waals surface area contributed by atoms with Crippen LogP contribution >= 0.6 is 0 Å². The summed E-state index contributed by atoms with van der Waals surface area (Å²) in [5.74, 6) is -2.92. The summed E-state index contributed by atoms with van der Waals surface area (Å²) in [6.07, 6.45) is 1.89. The van der Waals surface area contributed by atoms with Gasteiger partial charge in [-0.1, -0.05) is 78.3 Å². The van der Waals surface area contributed by atoms with Crippen molar-refractivity contribution in [2.24, 2.45) is 35.3 Å². The number of carbonyl (C=O) groups excluding carboxylic acids is 5.